The third kappa shape index (κ3) is 2.01. The molecule has 0 bridgehead atoms. The first-order valence-electron chi connectivity index (χ1n) is 4.62. The number of nitrogen functional groups attached to an aromatic ring is 1. The summed E-state index contributed by atoms with van der Waals surface area (Å²) in [4.78, 5) is 12.8. The number of carbonyl (C=O) groups is 1. The van der Waals surface area contributed by atoms with E-state index in [1.54, 1.807) is 11.0 Å². The van der Waals surface area contributed by atoms with Gasteiger partial charge in [-0.05, 0) is 18.2 Å². The number of hydrogen-bond donors (Lipinski definition) is 1. The Morgan fingerprint density at radius 3 is 2.93 bits per heavy atom. The number of anilines is 2. The van der Waals surface area contributed by atoms with Gasteiger partial charge in [0.05, 0.1) is 12.2 Å². The van der Waals surface area contributed by atoms with Crippen molar-refractivity contribution in [3.63, 3.8) is 0 Å². The topological polar surface area (TPSA) is 55.6 Å². The van der Waals surface area contributed by atoms with Gasteiger partial charge < -0.3 is 15.4 Å². The zero-order chi connectivity index (χ0) is 10.8. The fourth-order valence-corrected chi connectivity index (χ4v) is 1.48. The number of hydrogen-bond acceptors (Lipinski definition) is 4. The van der Waals surface area contributed by atoms with Gasteiger partial charge >= 0.3 is 5.97 Å². The summed E-state index contributed by atoms with van der Waals surface area (Å²) in [6, 6.07) is 4.51. The van der Waals surface area contributed by atoms with E-state index in [1.165, 1.54) is 12.1 Å². The molecule has 0 aromatic heterocycles. The van der Waals surface area contributed by atoms with Crippen LogP contribution in [0.25, 0.3) is 0 Å². The molecule has 0 atom stereocenters. The summed E-state index contributed by atoms with van der Waals surface area (Å²) in [6.07, 6.45) is 0. The van der Waals surface area contributed by atoms with E-state index in [-0.39, 0.29) is 18.2 Å². The first-order valence-corrected chi connectivity index (χ1v) is 4.62. The first-order chi connectivity index (χ1) is 7.16. The van der Waals surface area contributed by atoms with Crippen LogP contribution < -0.4 is 10.6 Å². The molecule has 80 valence electrons. The Morgan fingerprint density at radius 2 is 2.27 bits per heavy atom. The van der Waals surface area contributed by atoms with Crippen LogP contribution in [0.15, 0.2) is 18.2 Å². The van der Waals surface area contributed by atoms with Crippen LogP contribution in [-0.4, -0.2) is 25.7 Å². The van der Waals surface area contributed by atoms with Crippen molar-refractivity contribution in [3.8, 4) is 0 Å². The number of rotatable bonds is 1. The van der Waals surface area contributed by atoms with Gasteiger partial charge in [0, 0.05) is 5.69 Å². The lowest BCUT2D eigenvalue weighted by Crippen LogP contribution is -2.39. The van der Waals surface area contributed by atoms with Gasteiger partial charge in [0.25, 0.3) is 0 Å². The van der Waals surface area contributed by atoms with Gasteiger partial charge in [0.15, 0.2) is 0 Å². The standard InChI is InChI=1S/C10H11FN2O2/c11-8-5-7(1-2-9(8)12)13-3-4-15-10(14)6-13/h1-2,5H,3-4,6,12H2. The van der Waals surface area contributed by atoms with Crippen molar-refractivity contribution in [1.29, 1.82) is 0 Å². The fraction of sp³-hybridized carbons (Fsp3) is 0.300. The molecule has 15 heavy (non-hydrogen) atoms. The van der Waals surface area contributed by atoms with Crippen LogP contribution in [0.1, 0.15) is 0 Å². The quantitative estimate of drug-likeness (QED) is 0.549. The zero-order valence-electron chi connectivity index (χ0n) is 8.07. The van der Waals surface area contributed by atoms with Crippen molar-refractivity contribution < 1.29 is 13.9 Å². The molecule has 0 spiro atoms. The maximum absolute atomic E-state index is 13.2. The summed E-state index contributed by atoms with van der Waals surface area (Å²) in [5.74, 6) is -0.759. The minimum Gasteiger partial charge on any atom is -0.462 e. The second-order valence-corrected chi connectivity index (χ2v) is 3.35. The Kier molecular flexibility index (Phi) is 2.45. The van der Waals surface area contributed by atoms with E-state index in [0.717, 1.165) is 0 Å². The van der Waals surface area contributed by atoms with E-state index < -0.39 is 5.82 Å². The maximum Gasteiger partial charge on any atom is 0.325 e. The summed E-state index contributed by atoms with van der Waals surface area (Å²) in [7, 11) is 0. The molecule has 2 rings (SSSR count). The molecule has 0 unspecified atom stereocenters. The predicted octanol–water partition coefficient (Wildman–Crippen LogP) is 0.771. The van der Waals surface area contributed by atoms with Crippen molar-refractivity contribution in [2.45, 2.75) is 0 Å². The van der Waals surface area contributed by atoms with Crippen LogP contribution in [0.3, 0.4) is 0 Å². The van der Waals surface area contributed by atoms with Crippen molar-refractivity contribution in [2.24, 2.45) is 0 Å². The molecule has 0 amide bonds. The van der Waals surface area contributed by atoms with Crippen LogP contribution in [-0.2, 0) is 9.53 Å². The Morgan fingerprint density at radius 1 is 1.47 bits per heavy atom. The van der Waals surface area contributed by atoms with E-state index >= 15 is 0 Å². The highest BCUT2D eigenvalue weighted by Crippen LogP contribution is 2.20. The van der Waals surface area contributed by atoms with Gasteiger partial charge in [0.2, 0.25) is 0 Å². The Bertz CT molecular complexity index is 395. The Balaban J connectivity index is 2.21. The molecule has 0 saturated carbocycles. The number of carbonyl (C=O) groups excluding carboxylic acids is 1. The van der Waals surface area contributed by atoms with E-state index in [9.17, 15) is 9.18 Å². The number of nitrogens with two attached hydrogens (primary N) is 1. The third-order valence-corrected chi connectivity index (χ3v) is 2.29. The van der Waals surface area contributed by atoms with Gasteiger partial charge in [-0.3, -0.25) is 4.79 Å². The average molecular weight is 210 g/mol. The second-order valence-electron chi connectivity index (χ2n) is 3.35. The van der Waals surface area contributed by atoms with Crippen molar-refractivity contribution in [1.82, 2.24) is 0 Å². The maximum atomic E-state index is 13.2. The summed E-state index contributed by atoms with van der Waals surface area (Å²) in [6.45, 7) is 1.07. The number of morpholine rings is 1. The van der Waals surface area contributed by atoms with E-state index in [4.69, 9.17) is 10.5 Å². The molecule has 1 aliphatic heterocycles. The average Bonchev–Trinajstić information content (AvgIpc) is 2.22. The van der Waals surface area contributed by atoms with Crippen LogP contribution in [0.5, 0.6) is 0 Å². The molecule has 5 heteroatoms. The van der Waals surface area contributed by atoms with Gasteiger partial charge in [-0.15, -0.1) is 0 Å². The number of nitrogens with zero attached hydrogens (tertiary/aromatic N) is 1. The number of esters is 1. The van der Waals surface area contributed by atoms with E-state index in [0.29, 0.717) is 18.8 Å². The van der Waals surface area contributed by atoms with Crippen molar-refractivity contribution in [2.75, 3.05) is 30.3 Å². The fourth-order valence-electron chi connectivity index (χ4n) is 1.48. The number of cyclic esters (lactones) is 1. The number of ether oxygens (including phenoxy) is 1. The van der Waals surface area contributed by atoms with Crippen LogP contribution in [0, 0.1) is 5.82 Å². The minimum absolute atomic E-state index is 0.110. The second kappa shape index (κ2) is 3.76. The molecule has 2 N–H and O–H groups in total. The van der Waals surface area contributed by atoms with Gasteiger partial charge in [-0.1, -0.05) is 0 Å². The molecule has 4 nitrogen and oxygen atoms in total. The Hall–Kier alpha value is -1.78. The molecular weight excluding hydrogens is 199 g/mol. The highest BCUT2D eigenvalue weighted by atomic mass is 19.1. The largest absolute Gasteiger partial charge is 0.462 e. The Labute approximate surface area is 86.4 Å². The summed E-state index contributed by atoms with van der Waals surface area (Å²) < 4.78 is 17.9. The normalized spacial score (nSPS) is 16.3. The molecular formula is C10H11FN2O2. The molecule has 1 aliphatic rings. The number of halogens is 1. The lowest BCUT2D eigenvalue weighted by atomic mass is 10.2. The van der Waals surface area contributed by atoms with Gasteiger partial charge in [-0.2, -0.15) is 0 Å². The summed E-state index contributed by atoms with van der Waals surface area (Å²) in [5, 5.41) is 0. The van der Waals surface area contributed by atoms with Crippen LogP contribution in [0.2, 0.25) is 0 Å². The SMILES string of the molecule is Nc1ccc(N2CCOC(=O)C2)cc1F. The van der Waals surface area contributed by atoms with E-state index in [1.807, 2.05) is 0 Å². The van der Waals surface area contributed by atoms with Crippen molar-refractivity contribution >= 4 is 17.3 Å². The highest BCUT2D eigenvalue weighted by molar-refractivity contribution is 5.77. The lowest BCUT2D eigenvalue weighted by Gasteiger charge is -2.27. The highest BCUT2D eigenvalue weighted by Gasteiger charge is 2.18. The summed E-state index contributed by atoms with van der Waals surface area (Å²) in [5.41, 5.74) is 6.12. The lowest BCUT2D eigenvalue weighted by molar-refractivity contribution is -0.143. The van der Waals surface area contributed by atoms with Gasteiger partial charge in [-0.25, -0.2) is 4.39 Å². The van der Waals surface area contributed by atoms with Crippen molar-refractivity contribution in [3.05, 3.63) is 24.0 Å². The molecule has 1 heterocycles. The monoisotopic (exact) mass is 210 g/mol. The summed E-state index contributed by atoms with van der Waals surface area (Å²) >= 11 is 0. The molecule has 0 aliphatic carbocycles. The van der Waals surface area contributed by atoms with Crippen LogP contribution in [0.4, 0.5) is 15.8 Å². The number of benzene rings is 1. The zero-order valence-corrected chi connectivity index (χ0v) is 8.07. The van der Waals surface area contributed by atoms with Crippen LogP contribution >= 0.6 is 0 Å². The predicted molar refractivity (Wildman–Crippen MR) is 54.0 cm³/mol. The third-order valence-electron chi connectivity index (χ3n) is 2.29. The molecule has 0 radical (unpaired) electrons. The van der Waals surface area contributed by atoms with Gasteiger partial charge in [0.1, 0.15) is 19.0 Å². The molecule has 1 saturated heterocycles. The minimum atomic E-state index is -0.466. The molecule has 1 aromatic carbocycles. The first kappa shape index (κ1) is 9.76. The molecule has 1 fully saturated rings. The van der Waals surface area contributed by atoms with E-state index in [2.05, 4.69) is 0 Å². The molecule has 1 aromatic rings. The smallest absolute Gasteiger partial charge is 0.325 e.